The number of benzene rings is 2. The number of aryl methyl sites for hydroxylation is 1. The number of amides is 1. The Morgan fingerprint density at radius 3 is 2.44 bits per heavy atom. The molecule has 25 heavy (non-hydrogen) atoms. The van der Waals surface area contributed by atoms with Gasteiger partial charge < -0.3 is 5.32 Å². The van der Waals surface area contributed by atoms with Crippen molar-refractivity contribution in [3.8, 4) is 0 Å². The van der Waals surface area contributed by atoms with E-state index in [4.69, 9.17) is 11.6 Å². The maximum atomic E-state index is 12.6. The molecule has 0 saturated carbocycles. The van der Waals surface area contributed by atoms with Gasteiger partial charge in [-0.05, 0) is 36.8 Å². The molecule has 1 amide bonds. The molecule has 5 nitrogen and oxygen atoms in total. The highest BCUT2D eigenvalue weighted by molar-refractivity contribution is 7.89. The zero-order chi connectivity index (χ0) is 18.4. The summed E-state index contributed by atoms with van der Waals surface area (Å²) in [4.78, 5) is 12.3. The van der Waals surface area contributed by atoms with Crippen LogP contribution in [0.15, 0.2) is 53.4 Å². The van der Waals surface area contributed by atoms with Gasteiger partial charge in [0, 0.05) is 18.1 Å². The Morgan fingerprint density at radius 1 is 1.16 bits per heavy atom. The van der Waals surface area contributed by atoms with Crippen LogP contribution in [0.2, 0.25) is 5.02 Å². The quantitative estimate of drug-likeness (QED) is 0.803. The normalized spacial score (nSPS) is 11.5. The first-order valence-electron chi connectivity index (χ1n) is 7.91. The third-order valence-electron chi connectivity index (χ3n) is 3.70. The molecule has 0 aliphatic rings. The Kier molecular flexibility index (Phi) is 6.58. The minimum Gasteiger partial charge on any atom is -0.351 e. The van der Waals surface area contributed by atoms with E-state index in [9.17, 15) is 13.2 Å². The Hall–Kier alpha value is -1.89. The van der Waals surface area contributed by atoms with E-state index in [-0.39, 0.29) is 23.9 Å². The molecule has 0 unspecified atom stereocenters. The second-order valence-electron chi connectivity index (χ2n) is 5.65. The number of hydrogen-bond acceptors (Lipinski definition) is 3. The highest BCUT2D eigenvalue weighted by Crippen LogP contribution is 2.18. The van der Waals surface area contributed by atoms with Crippen LogP contribution < -0.4 is 5.32 Å². The highest BCUT2D eigenvalue weighted by atomic mass is 35.5. The van der Waals surface area contributed by atoms with Gasteiger partial charge in [0.1, 0.15) is 0 Å². The predicted octanol–water partition coefficient (Wildman–Crippen LogP) is 2.98. The average molecular weight is 381 g/mol. The Labute approximate surface area is 153 Å². The first kappa shape index (κ1) is 19.4. The van der Waals surface area contributed by atoms with Crippen LogP contribution in [-0.4, -0.2) is 31.7 Å². The third-order valence-corrected chi connectivity index (χ3v) is 5.88. The van der Waals surface area contributed by atoms with E-state index >= 15 is 0 Å². The molecule has 0 spiro atoms. The standard InChI is InChI=1S/C18H21ClN2O3S/c1-3-21(25(23,24)17-9-7-16(19)8-10-17)13-18(22)20-12-15-6-4-5-14(2)11-15/h4-11H,3,12-13H2,1-2H3,(H,20,22). The van der Waals surface area contributed by atoms with Crippen molar-refractivity contribution >= 4 is 27.5 Å². The number of rotatable bonds is 7. The SMILES string of the molecule is CCN(CC(=O)NCc1cccc(C)c1)S(=O)(=O)c1ccc(Cl)cc1. The van der Waals surface area contributed by atoms with Crippen molar-refractivity contribution in [1.82, 2.24) is 9.62 Å². The van der Waals surface area contributed by atoms with E-state index in [0.717, 1.165) is 15.4 Å². The fourth-order valence-electron chi connectivity index (χ4n) is 2.36. The van der Waals surface area contributed by atoms with Crippen LogP contribution in [0.1, 0.15) is 18.1 Å². The second-order valence-corrected chi connectivity index (χ2v) is 8.03. The molecule has 0 aliphatic heterocycles. The average Bonchev–Trinajstić information content (AvgIpc) is 2.58. The molecule has 2 aromatic carbocycles. The molecule has 1 N–H and O–H groups in total. The van der Waals surface area contributed by atoms with E-state index < -0.39 is 10.0 Å². The Bertz CT molecular complexity index is 836. The van der Waals surface area contributed by atoms with Crippen molar-refractivity contribution in [3.63, 3.8) is 0 Å². The molecule has 0 aromatic heterocycles. The number of nitrogens with zero attached hydrogens (tertiary/aromatic N) is 1. The van der Waals surface area contributed by atoms with Gasteiger partial charge in [0.15, 0.2) is 0 Å². The van der Waals surface area contributed by atoms with E-state index in [1.807, 2.05) is 31.2 Å². The summed E-state index contributed by atoms with van der Waals surface area (Å²) in [5, 5.41) is 3.21. The van der Waals surface area contributed by atoms with Crippen LogP contribution in [-0.2, 0) is 21.4 Å². The van der Waals surface area contributed by atoms with Crippen molar-refractivity contribution in [2.75, 3.05) is 13.1 Å². The maximum Gasteiger partial charge on any atom is 0.243 e. The molecule has 0 aliphatic carbocycles. The van der Waals surface area contributed by atoms with E-state index in [1.54, 1.807) is 6.92 Å². The summed E-state index contributed by atoms with van der Waals surface area (Å²) >= 11 is 5.80. The fourth-order valence-corrected chi connectivity index (χ4v) is 3.89. The third kappa shape index (κ3) is 5.29. The maximum absolute atomic E-state index is 12.6. The second kappa shape index (κ2) is 8.47. The molecule has 0 fully saturated rings. The minimum atomic E-state index is -3.74. The number of carbonyl (C=O) groups excluding carboxylic acids is 1. The minimum absolute atomic E-state index is 0.116. The van der Waals surface area contributed by atoms with Crippen molar-refractivity contribution in [2.45, 2.75) is 25.3 Å². The fraction of sp³-hybridized carbons (Fsp3) is 0.278. The summed E-state index contributed by atoms with van der Waals surface area (Å²) in [5.41, 5.74) is 2.07. The van der Waals surface area contributed by atoms with Crippen LogP contribution in [0.3, 0.4) is 0 Å². The van der Waals surface area contributed by atoms with Gasteiger partial charge in [-0.2, -0.15) is 4.31 Å². The lowest BCUT2D eigenvalue weighted by Gasteiger charge is -2.20. The number of sulfonamides is 1. The van der Waals surface area contributed by atoms with Gasteiger partial charge >= 0.3 is 0 Å². The topological polar surface area (TPSA) is 66.5 Å². The van der Waals surface area contributed by atoms with Gasteiger partial charge in [-0.3, -0.25) is 4.79 Å². The smallest absolute Gasteiger partial charge is 0.243 e. The van der Waals surface area contributed by atoms with Gasteiger partial charge in [0.2, 0.25) is 15.9 Å². The summed E-state index contributed by atoms with van der Waals surface area (Å²) < 4.78 is 26.4. The first-order chi connectivity index (χ1) is 11.8. The van der Waals surface area contributed by atoms with E-state index in [0.29, 0.717) is 11.6 Å². The van der Waals surface area contributed by atoms with Gasteiger partial charge in [-0.15, -0.1) is 0 Å². The van der Waals surface area contributed by atoms with Crippen molar-refractivity contribution in [1.29, 1.82) is 0 Å². The molecule has 0 saturated heterocycles. The molecule has 7 heteroatoms. The zero-order valence-electron chi connectivity index (χ0n) is 14.2. The van der Waals surface area contributed by atoms with Crippen LogP contribution >= 0.6 is 11.6 Å². The molecule has 0 radical (unpaired) electrons. The lowest BCUT2D eigenvalue weighted by atomic mass is 10.1. The number of hydrogen-bond donors (Lipinski definition) is 1. The van der Waals surface area contributed by atoms with Crippen LogP contribution in [0.5, 0.6) is 0 Å². The zero-order valence-corrected chi connectivity index (χ0v) is 15.8. The van der Waals surface area contributed by atoms with Crippen molar-refractivity contribution in [3.05, 3.63) is 64.7 Å². The lowest BCUT2D eigenvalue weighted by molar-refractivity contribution is -0.121. The lowest BCUT2D eigenvalue weighted by Crippen LogP contribution is -2.40. The van der Waals surface area contributed by atoms with Crippen LogP contribution in [0, 0.1) is 6.92 Å². The summed E-state index contributed by atoms with van der Waals surface area (Å²) in [6.45, 7) is 4.00. The number of halogens is 1. The highest BCUT2D eigenvalue weighted by Gasteiger charge is 2.25. The molecule has 2 rings (SSSR count). The van der Waals surface area contributed by atoms with Gasteiger partial charge in [-0.25, -0.2) is 8.42 Å². The number of likely N-dealkylation sites (N-methyl/N-ethyl adjacent to an activating group) is 1. The number of carbonyl (C=O) groups is 1. The van der Waals surface area contributed by atoms with Crippen LogP contribution in [0.4, 0.5) is 0 Å². The summed E-state index contributed by atoms with van der Waals surface area (Å²) in [7, 11) is -3.74. The first-order valence-corrected chi connectivity index (χ1v) is 9.72. The van der Waals surface area contributed by atoms with Crippen LogP contribution in [0.25, 0.3) is 0 Å². The Balaban J connectivity index is 2.02. The summed E-state index contributed by atoms with van der Waals surface area (Å²) in [6, 6.07) is 13.7. The van der Waals surface area contributed by atoms with Gasteiger partial charge in [0.05, 0.1) is 11.4 Å². The number of nitrogens with one attached hydrogen (secondary N) is 1. The summed E-state index contributed by atoms with van der Waals surface area (Å²) in [6.07, 6.45) is 0. The molecule has 0 bridgehead atoms. The largest absolute Gasteiger partial charge is 0.351 e. The van der Waals surface area contributed by atoms with E-state index in [1.165, 1.54) is 24.3 Å². The molecular formula is C18H21ClN2O3S. The molecule has 2 aromatic rings. The molecule has 0 heterocycles. The van der Waals surface area contributed by atoms with Crippen molar-refractivity contribution < 1.29 is 13.2 Å². The van der Waals surface area contributed by atoms with Crippen molar-refractivity contribution in [2.24, 2.45) is 0 Å². The molecule has 134 valence electrons. The predicted molar refractivity (Wildman–Crippen MR) is 98.9 cm³/mol. The van der Waals surface area contributed by atoms with E-state index in [2.05, 4.69) is 5.32 Å². The molecule has 0 atom stereocenters. The summed E-state index contributed by atoms with van der Waals surface area (Å²) in [5.74, 6) is -0.346. The van der Waals surface area contributed by atoms with Gasteiger partial charge in [0.25, 0.3) is 0 Å². The molecular weight excluding hydrogens is 360 g/mol. The monoisotopic (exact) mass is 380 g/mol. The Morgan fingerprint density at radius 2 is 1.84 bits per heavy atom. The van der Waals surface area contributed by atoms with Gasteiger partial charge in [-0.1, -0.05) is 48.4 Å².